The molecule has 0 spiro atoms. The number of ether oxygens (including phenoxy) is 1. The van der Waals surface area contributed by atoms with Crippen molar-refractivity contribution in [3.05, 3.63) is 12.1 Å². The molecule has 3 aliphatic rings. The van der Waals surface area contributed by atoms with Gasteiger partial charge in [-0.3, -0.25) is 9.69 Å². The zero-order valence-electron chi connectivity index (χ0n) is 17.4. The topological polar surface area (TPSA) is 73.8 Å². The Morgan fingerprint density at radius 1 is 0.931 bits per heavy atom. The highest BCUT2D eigenvalue weighted by Gasteiger charge is 2.26. The summed E-state index contributed by atoms with van der Waals surface area (Å²) in [7, 11) is 0. The second-order valence-corrected chi connectivity index (χ2v) is 8.30. The summed E-state index contributed by atoms with van der Waals surface area (Å²) in [6, 6.07) is 4.18. The molecule has 0 saturated carbocycles. The summed E-state index contributed by atoms with van der Waals surface area (Å²) in [5.41, 5.74) is 0. The number of morpholine rings is 1. The third-order valence-corrected chi connectivity index (χ3v) is 6.34. The monoisotopic (exact) mass is 402 g/mol. The van der Waals surface area contributed by atoms with Crippen molar-refractivity contribution >= 4 is 17.5 Å². The zero-order valence-corrected chi connectivity index (χ0v) is 17.4. The molecule has 1 aromatic rings. The van der Waals surface area contributed by atoms with Gasteiger partial charge in [0.25, 0.3) is 0 Å². The van der Waals surface area contributed by atoms with Crippen LogP contribution in [0, 0.1) is 5.92 Å². The number of hydrogen-bond acceptors (Lipinski definition) is 7. The number of amides is 1. The van der Waals surface area contributed by atoms with Crippen LogP contribution in [-0.4, -0.2) is 86.6 Å². The van der Waals surface area contributed by atoms with Crippen molar-refractivity contribution in [1.82, 2.24) is 20.4 Å². The summed E-state index contributed by atoms with van der Waals surface area (Å²) in [6.07, 6.45) is 5.55. The quantitative estimate of drug-likeness (QED) is 0.765. The van der Waals surface area contributed by atoms with E-state index in [1.807, 2.05) is 0 Å². The summed E-state index contributed by atoms with van der Waals surface area (Å²) in [4.78, 5) is 19.4. The Labute approximate surface area is 173 Å². The number of nitrogens with one attached hydrogen (secondary N) is 1. The van der Waals surface area contributed by atoms with Gasteiger partial charge in [0.15, 0.2) is 11.6 Å². The molecule has 8 heteroatoms. The lowest BCUT2D eigenvalue weighted by Gasteiger charge is -2.32. The van der Waals surface area contributed by atoms with Crippen LogP contribution < -0.4 is 15.1 Å². The number of rotatable bonds is 6. The van der Waals surface area contributed by atoms with Crippen LogP contribution in [0.15, 0.2) is 12.1 Å². The first kappa shape index (κ1) is 20.3. The van der Waals surface area contributed by atoms with Gasteiger partial charge in [-0.2, -0.15) is 0 Å². The summed E-state index contributed by atoms with van der Waals surface area (Å²) < 4.78 is 5.36. The summed E-state index contributed by atoms with van der Waals surface area (Å²) in [5.74, 6) is 2.22. The van der Waals surface area contributed by atoms with Gasteiger partial charge in [0.05, 0.1) is 13.2 Å². The Morgan fingerprint density at radius 3 is 2.17 bits per heavy atom. The summed E-state index contributed by atoms with van der Waals surface area (Å²) in [5, 5.41) is 12.0. The Balaban J connectivity index is 1.19. The van der Waals surface area contributed by atoms with Crippen molar-refractivity contribution < 1.29 is 9.53 Å². The number of carbonyl (C=O) groups excluding carboxylic acids is 1. The van der Waals surface area contributed by atoms with Crippen LogP contribution in [0.3, 0.4) is 0 Å². The average molecular weight is 403 g/mol. The number of aromatic nitrogens is 2. The van der Waals surface area contributed by atoms with Crippen LogP contribution >= 0.6 is 0 Å². The molecule has 4 rings (SSSR count). The van der Waals surface area contributed by atoms with Gasteiger partial charge in [-0.25, -0.2) is 0 Å². The van der Waals surface area contributed by atoms with Crippen LogP contribution in [0.5, 0.6) is 0 Å². The Kier molecular flexibility index (Phi) is 7.16. The molecule has 0 atom stereocenters. The van der Waals surface area contributed by atoms with Crippen molar-refractivity contribution in [3.63, 3.8) is 0 Å². The van der Waals surface area contributed by atoms with E-state index in [2.05, 4.69) is 42.3 Å². The highest BCUT2D eigenvalue weighted by molar-refractivity contribution is 5.79. The van der Waals surface area contributed by atoms with E-state index in [1.54, 1.807) is 0 Å². The number of hydrogen-bond donors (Lipinski definition) is 1. The Morgan fingerprint density at radius 2 is 1.55 bits per heavy atom. The number of nitrogens with zero attached hydrogens (tertiary/aromatic N) is 5. The van der Waals surface area contributed by atoms with Crippen molar-refractivity contribution in [3.8, 4) is 0 Å². The SMILES string of the molecule is O=C(NCCN1CCOCC1)C1CCN(c2ccc(N3CCCCC3)nn2)CC1. The Bertz CT molecular complexity index is 635. The molecule has 3 saturated heterocycles. The van der Waals surface area contributed by atoms with E-state index in [1.165, 1.54) is 19.3 Å². The smallest absolute Gasteiger partial charge is 0.223 e. The fourth-order valence-corrected chi connectivity index (χ4v) is 4.46. The second kappa shape index (κ2) is 10.2. The van der Waals surface area contributed by atoms with Crippen molar-refractivity contribution in [2.24, 2.45) is 5.92 Å². The van der Waals surface area contributed by atoms with Gasteiger partial charge in [-0.05, 0) is 44.2 Å². The molecular formula is C21H34N6O2. The normalized spacial score (nSPS) is 21.9. The summed E-state index contributed by atoms with van der Waals surface area (Å²) >= 11 is 0. The minimum Gasteiger partial charge on any atom is -0.379 e. The highest BCUT2D eigenvalue weighted by Crippen LogP contribution is 2.23. The molecule has 0 bridgehead atoms. The maximum Gasteiger partial charge on any atom is 0.223 e. The molecule has 8 nitrogen and oxygen atoms in total. The number of piperidine rings is 2. The van der Waals surface area contributed by atoms with E-state index >= 15 is 0 Å². The first-order chi connectivity index (χ1) is 14.3. The first-order valence-electron chi connectivity index (χ1n) is 11.2. The molecule has 0 aliphatic carbocycles. The fraction of sp³-hybridized carbons (Fsp3) is 0.762. The van der Waals surface area contributed by atoms with Gasteiger partial charge >= 0.3 is 0 Å². The molecule has 4 heterocycles. The second-order valence-electron chi connectivity index (χ2n) is 8.30. The van der Waals surface area contributed by atoms with Crippen molar-refractivity contribution in [2.75, 3.05) is 75.4 Å². The molecule has 1 aromatic heterocycles. The molecule has 3 fully saturated rings. The fourth-order valence-electron chi connectivity index (χ4n) is 4.46. The molecule has 0 unspecified atom stereocenters. The van der Waals surface area contributed by atoms with E-state index in [0.29, 0.717) is 0 Å². The molecule has 1 amide bonds. The maximum atomic E-state index is 12.5. The van der Waals surface area contributed by atoms with Gasteiger partial charge in [0.1, 0.15) is 0 Å². The first-order valence-corrected chi connectivity index (χ1v) is 11.2. The van der Waals surface area contributed by atoms with E-state index in [0.717, 1.165) is 90.0 Å². The predicted molar refractivity (Wildman–Crippen MR) is 113 cm³/mol. The van der Waals surface area contributed by atoms with Crippen molar-refractivity contribution in [1.29, 1.82) is 0 Å². The third-order valence-electron chi connectivity index (χ3n) is 6.34. The molecule has 29 heavy (non-hydrogen) atoms. The molecule has 1 N–H and O–H groups in total. The minimum absolute atomic E-state index is 0.108. The standard InChI is InChI=1S/C21H34N6O2/c28-21(22-8-13-25-14-16-29-17-15-25)18-6-11-27(12-7-18)20-5-4-19(23-24-20)26-9-2-1-3-10-26/h4-5,18H,1-3,6-17H2,(H,22,28). The lowest BCUT2D eigenvalue weighted by Crippen LogP contribution is -2.44. The van der Waals surface area contributed by atoms with Gasteiger partial charge in [-0.1, -0.05) is 0 Å². The van der Waals surface area contributed by atoms with E-state index < -0.39 is 0 Å². The van der Waals surface area contributed by atoms with Crippen molar-refractivity contribution in [2.45, 2.75) is 32.1 Å². The summed E-state index contributed by atoms with van der Waals surface area (Å²) in [6.45, 7) is 9.05. The lowest BCUT2D eigenvalue weighted by atomic mass is 9.96. The average Bonchev–Trinajstić information content (AvgIpc) is 2.80. The van der Waals surface area contributed by atoms with Crippen LogP contribution in [0.2, 0.25) is 0 Å². The largest absolute Gasteiger partial charge is 0.379 e. The Hall–Kier alpha value is -1.93. The van der Waals surface area contributed by atoms with Gasteiger partial charge in [-0.15, -0.1) is 10.2 Å². The molecule has 160 valence electrons. The van der Waals surface area contributed by atoms with Crippen LogP contribution in [-0.2, 0) is 9.53 Å². The zero-order chi connectivity index (χ0) is 19.9. The van der Waals surface area contributed by atoms with E-state index in [4.69, 9.17) is 4.74 Å². The molecule has 3 aliphatic heterocycles. The van der Waals surface area contributed by atoms with Crippen LogP contribution in [0.4, 0.5) is 11.6 Å². The number of carbonyl (C=O) groups is 1. The number of anilines is 2. The van der Waals surface area contributed by atoms with E-state index in [-0.39, 0.29) is 11.8 Å². The highest BCUT2D eigenvalue weighted by atomic mass is 16.5. The van der Waals surface area contributed by atoms with E-state index in [9.17, 15) is 4.79 Å². The van der Waals surface area contributed by atoms with Gasteiger partial charge in [0.2, 0.25) is 5.91 Å². The minimum atomic E-state index is 0.108. The molecule has 0 radical (unpaired) electrons. The third kappa shape index (κ3) is 5.57. The maximum absolute atomic E-state index is 12.5. The molecular weight excluding hydrogens is 368 g/mol. The lowest BCUT2D eigenvalue weighted by molar-refractivity contribution is -0.125. The van der Waals surface area contributed by atoms with Crippen LogP contribution in [0.25, 0.3) is 0 Å². The van der Waals surface area contributed by atoms with Gasteiger partial charge in [0, 0.05) is 58.3 Å². The van der Waals surface area contributed by atoms with Gasteiger partial charge < -0.3 is 19.9 Å². The molecule has 0 aromatic carbocycles. The van der Waals surface area contributed by atoms with Crippen LogP contribution in [0.1, 0.15) is 32.1 Å². The predicted octanol–water partition coefficient (Wildman–Crippen LogP) is 1.13.